The number of aryl methyl sites for hydroxylation is 1. The predicted molar refractivity (Wildman–Crippen MR) is 61.5 cm³/mol. The number of anilines is 1. The first-order chi connectivity index (χ1) is 7.16. The van der Waals surface area contributed by atoms with E-state index >= 15 is 0 Å². The standard InChI is InChI=1S/C10H15ClN4/c1-7-6-12-3-4-15(7)10-5-9(11)13-8(2)14-10/h5,7,12H,3-4,6H2,1-2H3/t7-/m1/s1. The summed E-state index contributed by atoms with van der Waals surface area (Å²) in [4.78, 5) is 10.7. The molecule has 1 N–H and O–H groups in total. The Bertz CT molecular complexity index is 335. The van der Waals surface area contributed by atoms with E-state index in [1.165, 1.54) is 0 Å². The molecule has 2 rings (SSSR count). The van der Waals surface area contributed by atoms with Crippen molar-refractivity contribution in [3.8, 4) is 0 Å². The van der Waals surface area contributed by atoms with Crippen LogP contribution >= 0.6 is 11.6 Å². The summed E-state index contributed by atoms with van der Waals surface area (Å²) in [7, 11) is 0. The van der Waals surface area contributed by atoms with Crippen molar-refractivity contribution in [2.24, 2.45) is 0 Å². The zero-order valence-electron chi connectivity index (χ0n) is 9.00. The number of aromatic nitrogens is 2. The van der Waals surface area contributed by atoms with Crippen molar-refractivity contribution in [3.05, 3.63) is 17.0 Å². The Morgan fingerprint density at radius 2 is 2.33 bits per heavy atom. The van der Waals surface area contributed by atoms with Gasteiger partial charge in [-0.2, -0.15) is 0 Å². The van der Waals surface area contributed by atoms with E-state index in [0.29, 0.717) is 11.2 Å². The van der Waals surface area contributed by atoms with Crippen LogP contribution in [-0.4, -0.2) is 35.6 Å². The second-order valence-electron chi connectivity index (χ2n) is 3.84. The lowest BCUT2D eigenvalue weighted by molar-refractivity contribution is 0.496. The SMILES string of the molecule is Cc1nc(Cl)cc(N2CCNC[C@H]2C)n1. The number of halogens is 1. The number of rotatable bonds is 1. The van der Waals surface area contributed by atoms with Gasteiger partial charge in [-0.25, -0.2) is 9.97 Å². The monoisotopic (exact) mass is 226 g/mol. The first-order valence-corrected chi connectivity index (χ1v) is 5.53. The molecule has 0 bridgehead atoms. The van der Waals surface area contributed by atoms with E-state index in [0.717, 1.165) is 31.3 Å². The van der Waals surface area contributed by atoms with Crippen LogP contribution in [-0.2, 0) is 0 Å². The Morgan fingerprint density at radius 3 is 3.00 bits per heavy atom. The van der Waals surface area contributed by atoms with Crippen molar-refractivity contribution >= 4 is 17.4 Å². The molecule has 1 aliphatic rings. The maximum absolute atomic E-state index is 5.92. The number of hydrogen-bond donors (Lipinski definition) is 1. The number of hydrogen-bond acceptors (Lipinski definition) is 4. The highest BCUT2D eigenvalue weighted by molar-refractivity contribution is 6.29. The molecule has 1 atom stereocenters. The van der Waals surface area contributed by atoms with Crippen LogP contribution in [0.25, 0.3) is 0 Å². The van der Waals surface area contributed by atoms with Gasteiger partial charge in [0, 0.05) is 31.7 Å². The molecule has 0 aliphatic carbocycles. The van der Waals surface area contributed by atoms with Gasteiger partial charge in [0.2, 0.25) is 0 Å². The Morgan fingerprint density at radius 1 is 1.53 bits per heavy atom. The van der Waals surface area contributed by atoms with E-state index in [2.05, 4.69) is 27.1 Å². The summed E-state index contributed by atoms with van der Waals surface area (Å²) in [6, 6.07) is 2.28. The smallest absolute Gasteiger partial charge is 0.134 e. The maximum atomic E-state index is 5.92. The van der Waals surface area contributed by atoms with Crippen LogP contribution in [0.5, 0.6) is 0 Å². The molecular formula is C10H15ClN4. The quantitative estimate of drug-likeness (QED) is 0.732. The first-order valence-electron chi connectivity index (χ1n) is 5.15. The fourth-order valence-electron chi connectivity index (χ4n) is 1.84. The van der Waals surface area contributed by atoms with Gasteiger partial charge in [-0.05, 0) is 13.8 Å². The van der Waals surface area contributed by atoms with Crippen LogP contribution < -0.4 is 10.2 Å². The molecule has 0 aromatic carbocycles. The van der Waals surface area contributed by atoms with Crippen molar-refractivity contribution in [1.82, 2.24) is 15.3 Å². The number of nitrogens with zero attached hydrogens (tertiary/aromatic N) is 3. The summed E-state index contributed by atoms with van der Waals surface area (Å²) < 4.78 is 0. The lowest BCUT2D eigenvalue weighted by Gasteiger charge is -2.34. The van der Waals surface area contributed by atoms with Gasteiger partial charge in [-0.3, -0.25) is 0 Å². The third-order valence-electron chi connectivity index (χ3n) is 2.59. The molecule has 1 aromatic heterocycles. The van der Waals surface area contributed by atoms with Crippen molar-refractivity contribution in [3.63, 3.8) is 0 Å². The average Bonchev–Trinajstić information content (AvgIpc) is 2.16. The second kappa shape index (κ2) is 4.33. The molecule has 0 spiro atoms. The summed E-state index contributed by atoms with van der Waals surface area (Å²) in [5.74, 6) is 1.66. The highest BCUT2D eigenvalue weighted by Gasteiger charge is 2.19. The Hall–Kier alpha value is -0.870. The molecule has 1 saturated heterocycles. The normalized spacial score (nSPS) is 21.8. The van der Waals surface area contributed by atoms with Gasteiger partial charge >= 0.3 is 0 Å². The summed E-state index contributed by atoms with van der Waals surface area (Å²) in [5, 5.41) is 3.86. The molecule has 5 heteroatoms. The predicted octanol–water partition coefficient (Wildman–Crippen LogP) is 1.24. The minimum Gasteiger partial charge on any atom is -0.351 e. The third kappa shape index (κ3) is 2.38. The zero-order valence-corrected chi connectivity index (χ0v) is 9.75. The van der Waals surface area contributed by atoms with Crippen molar-refractivity contribution in [1.29, 1.82) is 0 Å². The van der Waals surface area contributed by atoms with Gasteiger partial charge in [0.15, 0.2) is 0 Å². The largest absolute Gasteiger partial charge is 0.351 e. The molecule has 0 amide bonds. The molecule has 0 unspecified atom stereocenters. The molecule has 2 heterocycles. The van der Waals surface area contributed by atoms with E-state index in [1.54, 1.807) is 0 Å². The van der Waals surface area contributed by atoms with Crippen LogP contribution in [0.1, 0.15) is 12.7 Å². The number of nitrogens with one attached hydrogen (secondary N) is 1. The Kier molecular flexibility index (Phi) is 3.07. The van der Waals surface area contributed by atoms with Gasteiger partial charge in [-0.1, -0.05) is 11.6 Å². The van der Waals surface area contributed by atoms with Crippen LogP contribution in [0.3, 0.4) is 0 Å². The van der Waals surface area contributed by atoms with E-state index < -0.39 is 0 Å². The molecule has 1 fully saturated rings. The van der Waals surface area contributed by atoms with E-state index in [9.17, 15) is 0 Å². The van der Waals surface area contributed by atoms with Gasteiger partial charge < -0.3 is 10.2 Å². The van der Waals surface area contributed by atoms with Gasteiger partial charge in [0.05, 0.1) is 0 Å². The molecular weight excluding hydrogens is 212 g/mol. The van der Waals surface area contributed by atoms with Crippen LogP contribution in [0.2, 0.25) is 5.15 Å². The molecule has 1 aromatic rings. The maximum Gasteiger partial charge on any atom is 0.134 e. The molecule has 15 heavy (non-hydrogen) atoms. The third-order valence-corrected chi connectivity index (χ3v) is 2.78. The molecule has 1 aliphatic heterocycles. The molecule has 4 nitrogen and oxygen atoms in total. The van der Waals surface area contributed by atoms with Crippen LogP contribution in [0.15, 0.2) is 6.07 Å². The molecule has 82 valence electrons. The lowest BCUT2D eigenvalue weighted by atomic mass is 10.2. The topological polar surface area (TPSA) is 41.1 Å². The minimum absolute atomic E-state index is 0.448. The van der Waals surface area contributed by atoms with Gasteiger partial charge in [-0.15, -0.1) is 0 Å². The molecule has 0 radical (unpaired) electrons. The highest BCUT2D eigenvalue weighted by Crippen LogP contribution is 2.18. The number of piperazine rings is 1. The van der Waals surface area contributed by atoms with Crippen molar-refractivity contribution in [2.45, 2.75) is 19.9 Å². The summed E-state index contributed by atoms with van der Waals surface area (Å²) in [6.07, 6.45) is 0. The van der Waals surface area contributed by atoms with Crippen LogP contribution in [0.4, 0.5) is 5.82 Å². The van der Waals surface area contributed by atoms with E-state index in [4.69, 9.17) is 11.6 Å². The second-order valence-corrected chi connectivity index (χ2v) is 4.23. The van der Waals surface area contributed by atoms with Crippen LogP contribution in [0, 0.1) is 6.92 Å². The summed E-state index contributed by atoms with van der Waals surface area (Å²) in [5.41, 5.74) is 0. The van der Waals surface area contributed by atoms with Gasteiger partial charge in [0.25, 0.3) is 0 Å². The Balaban J connectivity index is 2.27. The first kappa shape index (κ1) is 10.6. The van der Waals surface area contributed by atoms with Crippen molar-refractivity contribution < 1.29 is 0 Å². The average molecular weight is 227 g/mol. The summed E-state index contributed by atoms with van der Waals surface area (Å²) >= 11 is 5.92. The Labute approximate surface area is 94.7 Å². The minimum atomic E-state index is 0.448. The van der Waals surface area contributed by atoms with Crippen molar-refractivity contribution in [2.75, 3.05) is 24.5 Å². The highest BCUT2D eigenvalue weighted by atomic mass is 35.5. The fraction of sp³-hybridized carbons (Fsp3) is 0.600. The summed E-state index contributed by atoms with van der Waals surface area (Å²) in [6.45, 7) is 6.99. The fourth-order valence-corrected chi connectivity index (χ4v) is 2.06. The van der Waals surface area contributed by atoms with E-state index in [-0.39, 0.29) is 0 Å². The molecule has 0 saturated carbocycles. The van der Waals surface area contributed by atoms with E-state index in [1.807, 2.05) is 13.0 Å². The van der Waals surface area contributed by atoms with Gasteiger partial charge in [0.1, 0.15) is 16.8 Å². The lowest BCUT2D eigenvalue weighted by Crippen LogP contribution is -2.50. The zero-order chi connectivity index (χ0) is 10.8.